The first-order valence-electron chi connectivity index (χ1n) is 8.27. The van der Waals surface area contributed by atoms with E-state index in [1.54, 1.807) is 12.1 Å². The third-order valence-corrected chi connectivity index (χ3v) is 5.63. The van der Waals surface area contributed by atoms with E-state index < -0.39 is 10.8 Å². The molecule has 3 aromatic rings. The van der Waals surface area contributed by atoms with Crippen molar-refractivity contribution in [1.29, 1.82) is 0 Å². The fraction of sp³-hybridized carbons (Fsp3) is 0.182. The number of hydrogen-bond donors (Lipinski definition) is 1. The summed E-state index contributed by atoms with van der Waals surface area (Å²) in [5.41, 5.74) is 3.21. The molecule has 2 nitrogen and oxygen atoms in total. The SMILES string of the molecule is CC(C)(C)c1ccc(S(=O)c2cc(-c3ccccc3)ccc2O)cc1. The van der Waals surface area contributed by atoms with Crippen LogP contribution in [0.2, 0.25) is 0 Å². The zero-order valence-electron chi connectivity index (χ0n) is 14.7. The van der Waals surface area contributed by atoms with E-state index in [9.17, 15) is 9.32 Å². The van der Waals surface area contributed by atoms with Crippen LogP contribution in [0.5, 0.6) is 5.75 Å². The van der Waals surface area contributed by atoms with Crippen molar-refractivity contribution < 1.29 is 9.32 Å². The summed E-state index contributed by atoms with van der Waals surface area (Å²) in [7, 11) is -1.43. The minimum absolute atomic E-state index is 0.0510. The molecule has 0 aliphatic rings. The summed E-state index contributed by atoms with van der Waals surface area (Å²) in [5.74, 6) is 0.0536. The molecular formula is C22H22O2S. The second kappa shape index (κ2) is 6.85. The molecule has 3 aromatic carbocycles. The molecule has 1 N–H and O–H groups in total. The summed E-state index contributed by atoms with van der Waals surface area (Å²) < 4.78 is 13.0. The summed E-state index contributed by atoms with van der Waals surface area (Å²) >= 11 is 0. The summed E-state index contributed by atoms with van der Waals surface area (Å²) in [6.45, 7) is 6.44. The van der Waals surface area contributed by atoms with Crippen LogP contribution in [0.3, 0.4) is 0 Å². The average molecular weight is 350 g/mol. The molecule has 0 fully saturated rings. The van der Waals surface area contributed by atoms with Gasteiger partial charge < -0.3 is 5.11 Å². The molecule has 128 valence electrons. The van der Waals surface area contributed by atoms with Crippen molar-refractivity contribution in [1.82, 2.24) is 0 Å². The van der Waals surface area contributed by atoms with Crippen LogP contribution in [0, 0.1) is 0 Å². The second-order valence-corrected chi connectivity index (χ2v) is 8.54. The Labute approximate surface area is 151 Å². The summed E-state index contributed by atoms with van der Waals surface area (Å²) in [4.78, 5) is 1.12. The van der Waals surface area contributed by atoms with E-state index in [4.69, 9.17) is 0 Å². The first-order chi connectivity index (χ1) is 11.9. The molecule has 0 aliphatic carbocycles. The van der Waals surface area contributed by atoms with E-state index in [0.717, 1.165) is 11.1 Å². The molecular weight excluding hydrogens is 328 g/mol. The lowest BCUT2D eigenvalue weighted by molar-refractivity contribution is 0.461. The van der Waals surface area contributed by atoms with Crippen molar-refractivity contribution >= 4 is 10.8 Å². The Kier molecular flexibility index (Phi) is 4.78. The van der Waals surface area contributed by atoms with Crippen LogP contribution in [0.15, 0.2) is 82.6 Å². The molecule has 3 heteroatoms. The van der Waals surface area contributed by atoms with Gasteiger partial charge >= 0.3 is 0 Å². The molecule has 0 saturated carbocycles. The largest absolute Gasteiger partial charge is 0.507 e. The molecule has 0 bridgehead atoms. The van der Waals surface area contributed by atoms with Gasteiger partial charge in [-0.2, -0.15) is 0 Å². The van der Waals surface area contributed by atoms with Crippen molar-refractivity contribution in [3.8, 4) is 16.9 Å². The van der Waals surface area contributed by atoms with E-state index in [0.29, 0.717) is 9.79 Å². The Balaban J connectivity index is 1.97. The molecule has 1 atom stereocenters. The van der Waals surface area contributed by atoms with Crippen molar-refractivity contribution in [3.63, 3.8) is 0 Å². The van der Waals surface area contributed by atoms with Gasteiger partial charge in [-0.1, -0.05) is 69.3 Å². The molecule has 0 radical (unpaired) electrons. The molecule has 0 aliphatic heterocycles. The highest BCUT2D eigenvalue weighted by molar-refractivity contribution is 7.85. The third kappa shape index (κ3) is 3.83. The fourth-order valence-electron chi connectivity index (χ4n) is 2.68. The first-order valence-corrected chi connectivity index (χ1v) is 9.42. The summed E-state index contributed by atoms with van der Waals surface area (Å²) in [5, 5.41) is 10.2. The van der Waals surface area contributed by atoms with Crippen molar-refractivity contribution in [2.24, 2.45) is 0 Å². The number of benzene rings is 3. The van der Waals surface area contributed by atoms with Crippen LogP contribution in [-0.2, 0) is 16.2 Å². The lowest BCUT2D eigenvalue weighted by Crippen LogP contribution is -2.10. The average Bonchev–Trinajstić information content (AvgIpc) is 2.62. The Morgan fingerprint density at radius 3 is 2.04 bits per heavy atom. The second-order valence-electron chi connectivity index (χ2n) is 7.09. The molecule has 0 amide bonds. The van der Waals surface area contributed by atoms with Crippen LogP contribution >= 0.6 is 0 Å². The van der Waals surface area contributed by atoms with Crippen LogP contribution in [0.25, 0.3) is 11.1 Å². The van der Waals surface area contributed by atoms with Gasteiger partial charge in [-0.15, -0.1) is 0 Å². The molecule has 0 heterocycles. The molecule has 3 rings (SSSR count). The Bertz CT molecular complexity index is 892. The number of hydrogen-bond acceptors (Lipinski definition) is 2. The monoisotopic (exact) mass is 350 g/mol. The molecule has 0 spiro atoms. The number of aromatic hydroxyl groups is 1. The van der Waals surface area contributed by atoms with Gasteiger partial charge in [0.15, 0.2) is 0 Å². The minimum Gasteiger partial charge on any atom is -0.507 e. The van der Waals surface area contributed by atoms with Crippen molar-refractivity contribution in [3.05, 3.63) is 78.4 Å². The maximum atomic E-state index is 13.0. The smallest absolute Gasteiger partial charge is 0.132 e. The molecule has 1 unspecified atom stereocenters. The Hall–Kier alpha value is -2.39. The van der Waals surface area contributed by atoms with E-state index >= 15 is 0 Å². The highest BCUT2D eigenvalue weighted by Crippen LogP contribution is 2.31. The Morgan fingerprint density at radius 1 is 0.800 bits per heavy atom. The highest BCUT2D eigenvalue weighted by atomic mass is 32.2. The topological polar surface area (TPSA) is 37.3 Å². The lowest BCUT2D eigenvalue weighted by atomic mass is 9.87. The normalized spacial score (nSPS) is 12.8. The predicted octanol–water partition coefficient (Wildman–Crippen LogP) is 5.52. The van der Waals surface area contributed by atoms with Gasteiger partial charge in [0.1, 0.15) is 5.75 Å². The van der Waals surface area contributed by atoms with Crippen LogP contribution in [-0.4, -0.2) is 9.32 Å². The number of phenols is 1. The van der Waals surface area contributed by atoms with Crippen molar-refractivity contribution in [2.75, 3.05) is 0 Å². The molecule has 0 aromatic heterocycles. The maximum absolute atomic E-state index is 13.0. The predicted molar refractivity (Wildman–Crippen MR) is 103 cm³/mol. The van der Waals surface area contributed by atoms with E-state index in [-0.39, 0.29) is 11.2 Å². The quantitative estimate of drug-likeness (QED) is 0.675. The Morgan fingerprint density at radius 2 is 1.44 bits per heavy atom. The first kappa shape index (κ1) is 17.4. The molecule has 25 heavy (non-hydrogen) atoms. The lowest BCUT2D eigenvalue weighted by Gasteiger charge is -2.19. The maximum Gasteiger partial charge on any atom is 0.132 e. The third-order valence-electron chi connectivity index (χ3n) is 4.20. The molecule has 0 saturated heterocycles. The van der Waals surface area contributed by atoms with Gasteiger partial charge in [0.2, 0.25) is 0 Å². The summed E-state index contributed by atoms with van der Waals surface area (Å²) in [6, 6.07) is 22.9. The van der Waals surface area contributed by atoms with Crippen LogP contribution in [0.4, 0.5) is 0 Å². The van der Waals surface area contributed by atoms with E-state index in [1.165, 1.54) is 5.56 Å². The van der Waals surface area contributed by atoms with Gasteiger partial charge in [-0.05, 0) is 46.4 Å². The van der Waals surface area contributed by atoms with Crippen LogP contribution < -0.4 is 0 Å². The van der Waals surface area contributed by atoms with Gasteiger partial charge in [0, 0.05) is 4.90 Å². The van der Waals surface area contributed by atoms with Gasteiger partial charge in [0.05, 0.1) is 15.7 Å². The van der Waals surface area contributed by atoms with Crippen molar-refractivity contribution in [2.45, 2.75) is 36.0 Å². The van der Waals surface area contributed by atoms with Gasteiger partial charge in [0.25, 0.3) is 0 Å². The van der Waals surface area contributed by atoms with E-state index in [2.05, 4.69) is 20.8 Å². The fourth-order valence-corrected chi connectivity index (χ4v) is 3.81. The zero-order chi connectivity index (χ0) is 18.0. The van der Waals surface area contributed by atoms with Crippen LogP contribution in [0.1, 0.15) is 26.3 Å². The number of phenolic OH excluding ortho intramolecular Hbond substituents is 1. The van der Waals surface area contributed by atoms with E-state index in [1.807, 2.05) is 60.7 Å². The zero-order valence-corrected chi connectivity index (χ0v) is 15.5. The van der Waals surface area contributed by atoms with Gasteiger partial charge in [-0.25, -0.2) is 4.21 Å². The standard InChI is InChI=1S/C22H22O2S/c1-22(2,3)18-10-12-19(13-11-18)25(24)21-15-17(9-14-20(21)23)16-7-5-4-6-8-16/h4-15,23H,1-3H3. The summed E-state index contributed by atoms with van der Waals surface area (Å²) in [6.07, 6.45) is 0. The van der Waals surface area contributed by atoms with Gasteiger partial charge in [-0.3, -0.25) is 0 Å². The highest BCUT2D eigenvalue weighted by Gasteiger charge is 2.16. The number of rotatable bonds is 3. The minimum atomic E-state index is -1.43.